The molecule has 0 atom stereocenters. The summed E-state index contributed by atoms with van der Waals surface area (Å²) in [4.78, 5) is 0. The van der Waals surface area contributed by atoms with Crippen LogP contribution >= 0.6 is 11.6 Å². The lowest BCUT2D eigenvalue weighted by molar-refractivity contribution is 0.626. The summed E-state index contributed by atoms with van der Waals surface area (Å²) >= 11 is 5.86. The summed E-state index contributed by atoms with van der Waals surface area (Å²) < 4.78 is 15.6. The molecule has 1 fully saturated rings. The van der Waals surface area contributed by atoms with Crippen LogP contribution in [0.5, 0.6) is 0 Å². The molecular formula is C11H9ClFN3. The molecular weight excluding hydrogens is 229 g/mol. The maximum absolute atomic E-state index is 13.7. The fraction of sp³-hybridized carbons (Fsp3) is 0.273. The first kappa shape index (κ1) is 9.78. The Morgan fingerprint density at radius 1 is 1.38 bits per heavy atom. The normalized spacial score (nSPS) is 15.4. The van der Waals surface area contributed by atoms with Crippen LogP contribution in [0.2, 0.25) is 5.02 Å². The number of halogens is 2. The molecule has 0 unspecified atom stereocenters. The van der Waals surface area contributed by atoms with Crippen LogP contribution in [0, 0.1) is 5.82 Å². The molecule has 0 saturated heterocycles. The third-order valence-corrected chi connectivity index (χ3v) is 2.92. The molecule has 0 spiro atoms. The van der Waals surface area contributed by atoms with E-state index in [0.29, 0.717) is 22.5 Å². The van der Waals surface area contributed by atoms with E-state index < -0.39 is 0 Å². The molecule has 1 heterocycles. The van der Waals surface area contributed by atoms with E-state index in [1.165, 1.54) is 12.1 Å². The van der Waals surface area contributed by atoms with Crippen molar-refractivity contribution in [2.45, 2.75) is 18.9 Å². The Labute approximate surface area is 96.9 Å². The van der Waals surface area contributed by atoms with Gasteiger partial charge in [-0.3, -0.25) is 0 Å². The largest absolute Gasteiger partial charge is 0.310 e. The van der Waals surface area contributed by atoms with Crippen LogP contribution in [0.25, 0.3) is 11.4 Å². The SMILES string of the molecule is Fc1ccc(Cl)cc1-c1nncn1C1CC1. The quantitative estimate of drug-likeness (QED) is 0.804. The van der Waals surface area contributed by atoms with E-state index in [1.54, 1.807) is 12.4 Å². The average molecular weight is 238 g/mol. The first-order valence-electron chi connectivity index (χ1n) is 5.10. The van der Waals surface area contributed by atoms with Gasteiger partial charge in [0.05, 0.1) is 5.56 Å². The zero-order chi connectivity index (χ0) is 11.1. The van der Waals surface area contributed by atoms with Gasteiger partial charge in [0.15, 0.2) is 5.82 Å². The average Bonchev–Trinajstić information content (AvgIpc) is 3.01. The van der Waals surface area contributed by atoms with Crippen molar-refractivity contribution in [1.29, 1.82) is 0 Å². The van der Waals surface area contributed by atoms with Gasteiger partial charge in [-0.1, -0.05) is 11.6 Å². The Kier molecular flexibility index (Phi) is 2.17. The number of rotatable bonds is 2. The van der Waals surface area contributed by atoms with Crippen molar-refractivity contribution in [3.8, 4) is 11.4 Å². The molecule has 5 heteroatoms. The van der Waals surface area contributed by atoms with Crippen LogP contribution in [0.1, 0.15) is 18.9 Å². The molecule has 0 bridgehead atoms. The van der Waals surface area contributed by atoms with Crippen LogP contribution in [0.15, 0.2) is 24.5 Å². The summed E-state index contributed by atoms with van der Waals surface area (Å²) in [6.07, 6.45) is 3.85. The van der Waals surface area contributed by atoms with Gasteiger partial charge in [-0.2, -0.15) is 0 Å². The maximum atomic E-state index is 13.7. The maximum Gasteiger partial charge on any atom is 0.167 e. The number of hydrogen-bond acceptors (Lipinski definition) is 2. The minimum absolute atomic E-state index is 0.320. The fourth-order valence-electron chi connectivity index (χ4n) is 1.72. The zero-order valence-electron chi connectivity index (χ0n) is 8.40. The Morgan fingerprint density at radius 2 is 2.19 bits per heavy atom. The van der Waals surface area contributed by atoms with Crippen molar-refractivity contribution in [2.75, 3.05) is 0 Å². The molecule has 0 aliphatic heterocycles. The molecule has 2 aromatic rings. The highest BCUT2D eigenvalue weighted by Crippen LogP contribution is 2.38. The van der Waals surface area contributed by atoms with Crippen molar-refractivity contribution in [3.05, 3.63) is 35.4 Å². The van der Waals surface area contributed by atoms with Crippen molar-refractivity contribution < 1.29 is 4.39 Å². The second-order valence-electron chi connectivity index (χ2n) is 3.92. The van der Waals surface area contributed by atoms with Crippen LogP contribution < -0.4 is 0 Å². The van der Waals surface area contributed by atoms with Gasteiger partial charge in [0.1, 0.15) is 12.1 Å². The summed E-state index contributed by atoms with van der Waals surface area (Å²) in [5.41, 5.74) is 0.414. The van der Waals surface area contributed by atoms with Gasteiger partial charge in [-0.25, -0.2) is 4.39 Å². The number of aromatic nitrogens is 3. The Hall–Kier alpha value is -1.42. The number of benzene rings is 1. The highest BCUT2D eigenvalue weighted by Gasteiger charge is 2.27. The third-order valence-electron chi connectivity index (χ3n) is 2.68. The van der Waals surface area contributed by atoms with Gasteiger partial charge < -0.3 is 4.57 Å². The first-order chi connectivity index (χ1) is 7.75. The fourth-order valence-corrected chi connectivity index (χ4v) is 1.90. The Bertz CT molecular complexity index is 534. The van der Waals surface area contributed by atoms with Gasteiger partial charge in [0, 0.05) is 11.1 Å². The topological polar surface area (TPSA) is 30.7 Å². The van der Waals surface area contributed by atoms with Crippen LogP contribution in [-0.2, 0) is 0 Å². The summed E-state index contributed by atoms with van der Waals surface area (Å²) in [6.45, 7) is 0. The van der Waals surface area contributed by atoms with Crippen molar-refractivity contribution >= 4 is 11.6 Å². The van der Waals surface area contributed by atoms with Crippen LogP contribution in [-0.4, -0.2) is 14.8 Å². The molecule has 0 amide bonds. The minimum Gasteiger partial charge on any atom is -0.310 e. The Morgan fingerprint density at radius 3 is 2.94 bits per heavy atom. The first-order valence-corrected chi connectivity index (χ1v) is 5.48. The van der Waals surface area contributed by atoms with Gasteiger partial charge >= 0.3 is 0 Å². The lowest BCUT2D eigenvalue weighted by atomic mass is 10.2. The van der Waals surface area contributed by atoms with Crippen molar-refractivity contribution in [2.24, 2.45) is 0 Å². The molecule has 3 rings (SSSR count). The van der Waals surface area contributed by atoms with Gasteiger partial charge in [-0.05, 0) is 31.0 Å². The summed E-state index contributed by atoms with van der Waals surface area (Å²) in [7, 11) is 0. The predicted molar refractivity (Wildman–Crippen MR) is 58.7 cm³/mol. The van der Waals surface area contributed by atoms with Gasteiger partial charge in [-0.15, -0.1) is 10.2 Å². The van der Waals surface area contributed by atoms with E-state index in [1.807, 2.05) is 4.57 Å². The number of hydrogen-bond donors (Lipinski definition) is 0. The summed E-state index contributed by atoms with van der Waals surface area (Å²) in [5.74, 6) is 0.238. The molecule has 3 nitrogen and oxygen atoms in total. The zero-order valence-corrected chi connectivity index (χ0v) is 9.15. The molecule has 1 saturated carbocycles. The molecule has 0 radical (unpaired) electrons. The van der Waals surface area contributed by atoms with E-state index in [9.17, 15) is 4.39 Å². The molecule has 16 heavy (non-hydrogen) atoms. The molecule has 0 N–H and O–H groups in total. The molecule has 1 aliphatic carbocycles. The molecule has 1 aromatic carbocycles. The van der Waals surface area contributed by atoms with E-state index in [2.05, 4.69) is 10.2 Å². The van der Waals surface area contributed by atoms with E-state index in [-0.39, 0.29) is 5.82 Å². The summed E-state index contributed by atoms with van der Waals surface area (Å²) in [6, 6.07) is 4.88. The lowest BCUT2D eigenvalue weighted by Gasteiger charge is -2.05. The Balaban J connectivity index is 2.13. The monoisotopic (exact) mass is 237 g/mol. The van der Waals surface area contributed by atoms with E-state index >= 15 is 0 Å². The van der Waals surface area contributed by atoms with Crippen LogP contribution in [0.4, 0.5) is 4.39 Å². The third kappa shape index (κ3) is 1.59. The second kappa shape index (κ2) is 3.56. The highest BCUT2D eigenvalue weighted by molar-refractivity contribution is 6.30. The standard InChI is InChI=1S/C11H9ClFN3/c12-7-1-4-10(13)9(5-7)11-15-14-6-16(11)8-2-3-8/h1,4-6,8H,2-3H2. The van der Waals surface area contributed by atoms with Crippen molar-refractivity contribution in [1.82, 2.24) is 14.8 Å². The number of nitrogens with zero attached hydrogens (tertiary/aromatic N) is 3. The summed E-state index contributed by atoms with van der Waals surface area (Å²) in [5, 5.41) is 8.30. The highest BCUT2D eigenvalue weighted by atomic mass is 35.5. The van der Waals surface area contributed by atoms with Gasteiger partial charge in [0.25, 0.3) is 0 Å². The molecule has 1 aromatic heterocycles. The van der Waals surface area contributed by atoms with E-state index in [0.717, 1.165) is 12.8 Å². The minimum atomic E-state index is -0.320. The van der Waals surface area contributed by atoms with E-state index in [4.69, 9.17) is 11.6 Å². The second-order valence-corrected chi connectivity index (χ2v) is 4.35. The van der Waals surface area contributed by atoms with Crippen molar-refractivity contribution in [3.63, 3.8) is 0 Å². The molecule has 82 valence electrons. The molecule has 1 aliphatic rings. The lowest BCUT2D eigenvalue weighted by Crippen LogP contribution is -1.97. The van der Waals surface area contributed by atoms with Crippen LogP contribution in [0.3, 0.4) is 0 Å². The van der Waals surface area contributed by atoms with Gasteiger partial charge in [0.2, 0.25) is 0 Å². The smallest absolute Gasteiger partial charge is 0.167 e. The predicted octanol–water partition coefficient (Wildman–Crippen LogP) is 3.07.